The average Bonchev–Trinajstić information content (AvgIpc) is 2.67. The van der Waals surface area contributed by atoms with Crippen molar-refractivity contribution in [3.05, 3.63) is 46.4 Å². The SMILES string of the molecule is Cn1cc(I)c2c(Sc3ccccc3)ncnc21. The van der Waals surface area contributed by atoms with Crippen molar-refractivity contribution in [1.82, 2.24) is 14.5 Å². The Hall–Kier alpha value is -1.08. The van der Waals surface area contributed by atoms with E-state index in [2.05, 4.69) is 50.9 Å². The number of aromatic nitrogens is 3. The predicted molar refractivity (Wildman–Crippen MR) is 81.8 cm³/mol. The number of aryl methyl sites for hydroxylation is 1. The van der Waals surface area contributed by atoms with E-state index >= 15 is 0 Å². The molecule has 2 aromatic heterocycles. The highest BCUT2D eigenvalue weighted by molar-refractivity contribution is 14.1. The van der Waals surface area contributed by atoms with Crippen molar-refractivity contribution in [3.63, 3.8) is 0 Å². The molecule has 0 saturated heterocycles. The maximum Gasteiger partial charge on any atom is 0.145 e. The summed E-state index contributed by atoms with van der Waals surface area (Å²) in [6.45, 7) is 0. The standard InChI is InChI=1S/C13H10IN3S/c1-17-7-10(14)11-12(17)15-8-16-13(11)18-9-5-3-2-4-6-9/h2-8H,1H3. The fourth-order valence-corrected chi connectivity index (χ4v) is 3.83. The molecule has 3 rings (SSSR count). The molecule has 0 aliphatic heterocycles. The third kappa shape index (κ3) is 2.12. The van der Waals surface area contributed by atoms with Crippen LogP contribution in [-0.2, 0) is 7.05 Å². The van der Waals surface area contributed by atoms with Crippen LogP contribution in [0.1, 0.15) is 0 Å². The van der Waals surface area contributed by atoms with Crippen LogP contribution < -0.4 is 0 Å². The van der Waals surface area contributed by atoms with Gasteiger partial charge in [0.15, 0.2) is 0 Å². The van der Waals surface area contributed by atoms with Crippen LogP contribution in [0.5, 0.6) is 0 Å². The van der Waals surface area contributed by atoms with Gasteiger partial charge in [0.1, 0.15) is 17.0 Å². The van der Waals surface area contributed by atoms with Crippen LogP contribution in [0.3, 0.4) is 0 Å². The number of fused-ring (bicyclic) bond motifs is 1. The number of nitrogens with zero attached hydrogens (tertiary/aromatic N) is 3. The van der Waals surface area contributed by atoms with Crippen LogP contribution in [0.15, 0.2) is 52.8 Å². The first-order chi connectivity index (χ1) is 8.75. The van der Waals surface area contributed by atoms with Gasteiger partial charge in [0.2, 0.25) is 0 Å². The van der Waals surface area contributed by atoms with Gasteiger partial charge >= 0.3 is 0 Å². The summed E-state index contributed by atoms with van der Waals surface area (Å²) in [5, 5.41) is 2.14. The van der Waals surface area contributed by atoms with Gasteiger partial charge in [-0.15, -0.1) is 0 Å². The quantitative estimate of drug-likeness (QED) is 0.511. The third-order valence-electron chi connectivity index (χ3n) is 2.63. The Morgan fingerprint density at radius 2 is 1.94 bits per heavy atom. The normalized spacial score (nSPS) is 11.0. The van der Waals surface area contributed by atoms with Gasteiger partial charge in [0.25, 0.3) is 0 Å². The summed E-state index contributed by atoms with van der Waals surface area (Å²) in [5.74, 6) is 0. The maximum atomic E-state index is 4.41. The number of rotatable bonds is 2. The highest BCUT2D eigenvalue weighted by Gasteiger charge is 2.12. The van der Waals surface area contributed by atoms with Crippen molar-refractivity contribution in [2.75, 3.05) is 0 Å². The zero-order chi connectivity index (χ0) is 12.5. The van der Waals surface area contributed by atoms with E-state index in [9.17, 15) is 0 Å². The summed E-state index contributed by atoms with van der Waals surface area (Å²) in [4.78, 5) is 9.94. The van der Waals surface area contributed by atoms with Crippen LogP contribution in [-0.4, -0.2) is 14.5 Å². The van der Waals surface area contributed by atoms with Crippen molar-refractivity contribution in [1.29, 1.82) is 0 Å². The first-order valence-corrected chi connectivity index (χ1v) is 7.33. The molecule has 0 fully saturated rings. The maximum absolute atomic E-state index is 4.41. The minimum Gasteiger partial charge on any atom is -0.334 e. The molecule has 0 amide bonds. The molecule has 0 spiro atoms. The van der Waals surface area contributed by atoms with E-state index in [1.165, 1.54) is 8.47 Å². The van der Waals surface area contributed by atoms with Gasteiger partial charge in [-0.3, -0.25) is 0 Å². The Morgan fingerprint density at radius 1 is 1.17 bits per heavy atom. The van der Waals surface area contributed by atoms with E-state index in [-0.39, 0.29) is 0 Å². The molecule has 2 heterocycles. The summed E-state index contributed by atoms with van der Waals surface area (Å²) in [6, 6.07) is 10.3. The Morgan fingerprint density at radius 3 is 2.72 bits per heavy atom. The van der Waals surface area contributed by atoms with E-state index in [1.807, 2.05) is 29.8 Å². The van der Waals surface area contributed by atoms with Crippen molar-refractivity contribution < 1.29 is 0 Å². The second-order valence-corrected chi connectivity index (χ2v) is 6.10. The lowest BCUT2D eigenvalue weighted by atomic mass is 10.4. The molecule has 0 aliphatic rings. The smallest absolute Gasteiger partial charge is 0.145 e. The van der Waals surface area contributed by atoms with Gasteiger partial charge in [0, 0.05) is 21.7 Å². The summed E-state index contributed by atoms with van der Waals surface area (Å²) in [5.41, 5.74) is 0.979. The van der Waals surface area contributed by atoms with Gasteiger partial charge in [-0.05, 0) is 34.7 Å². The minimum atomic E-state index is 0.979. The first kappa shape index (κ1) is 12.0. The lowest BCUT2D eigenvalue weighted by Gasteiger charge is -2.02. The van der Waals surface area contributed by atoms with Crippen LogP contribution in [0.2, 0.25) is 0 Å². The zero-order valence-corrected chi connectivity index (χ0v) is 12.6. The van der Waals surface area contributed by atoms with Crippen LogP contribution >= 0.6 is 34.4 Å². The lowest BCUT2D eigenvalue weighted by Crippen LogP contribution is -1.90. The zero-order valence-electron chi connectivity index (χ0n) is 9.67. The molecule has 3 nitrogen and oxygen atoms in total. The third-order valence-corrected chi connectivity index (χ3v) is 4.46. The molecule has 0 bridgehead atoms. The van der Waals surface area contributed by atoms with Crippen LogP contribution in [0, 0.1) is 3.57 Å². The van der Waals surface area contributed by atoms with Gasteiger partial charge < -0.3 is 4.57 Å². The summed E-state index contributed by atoms with van der Waals surface area (Å²) in [7, 11) is 2.01. The van der Waals surface area contributed by atoms with Crippen molar-refractivity contribution in [2.24, 2.45) is 7.05 Å². The molecule has 5 heteroatoms. The number of benzene rings is 1. The van der Waals surface area contributed by atoms with Gasteiger partial charge in [0.05, 0.1) is 5.39 Å². The highest BCUT2D eigenvalue weighted by Crippen LogP contribution is 2.33. The second-order valence-electron chi connectivity index (χ2n) is 3.88. The molecule has 0 unspecified atom stereocenters. The van der Waals surface area contributed by atoms with E-state index in [4.69, 9.17) is 0 Å². The average molecular weight is 367 g/mol. The van der Waals surface area contributed by atoms with E-state index in [1.54, 1.807) is 18.1 Å². The van der Waals surface area contributed by atoms with E-state index < -0.39 is 0 Å². The fraction of sp³-hybridized carbons (Fsp3) is 0.0769. The molecule has 0 saturated carbocycles. The highest BCUT2D eigenvalue weighted by atomic mass is 127. The van der Waals surface area contributed by atoms with E-state index in [0.29, 0.717) is 0 Å². The number of halogens is 1. The van der Waals surface area contributed by atoms with Crippen LogP contribution in [0.4, 0.5) is 0 Å². The molecule has 1 aromatic carbocycles. The molecule has 0 N–H and O–H groups in total. The van der Waals surface area contributed by atoms with Crippen molar-refractivity contribution in [2.45, 2.75) is 9.92 Å². The number of hydrogen-bond acceptors (Lipinski definition) is 3. The monoisotopic (exact) mass is 367 g/mol. The molecule has 18 heavy (non-hydrogen) atoms. The summed E-state index contributed by atoms with van der Waals surface area (Å²) >= 11 is 4.01. The number of hydrogen-bond donors (Lipinski definition) is 0. The Balaban J connectivity index is 2.12. The molecule has 0 aliphatic carbocycles. The largest absolute Gasteiger partial charge is 0.334 e. The Kier molecular flexibility index (Phi) is 3.25. The van der Waals surface area contributed by atoms with Gasteiger partial charge in [-0.1, -0.05) is 30.0 Å². The van der Waals surface area contributed by atoms with Gasteiger partial charge in [-0.25, -0.2) is 9.97 Å². The summed E-state index contributed by atoms with van der Waals surface area (Å²) < 4.78 is 3.22. The predicted octanol–water partition coefficient (Wildman–Crippen LogP) is 3.72. The molecule has 3 aromatic rings. The van der Waals surface area contributed by atoms with Gasteiger partial charge in [-0.2, -0.15) is 0 Å². The lowest BCUT2D eigenvalue weighted by molar-refractivity contribution is 0.935. The molecular formula is C13H10IN3S. The fourth-order valence-electron chi connectivity index (χ4n) is 1.81. The van der Waals surface area contributed by atoms with Crippen molar-refractivity contribution >= 4 is 45.4 Å². The second kappa shape index (κ2) is 4.89. The molecule has 0 atom stereocenters. The molecule has 0 radical (unpaired) electrons. The first-order valence-electron chi connectivity index (χ1n) is 5.44. The topological polar surface area (TPSA) is 30.7 Å². The molecular weight excluding hydrogens is 357 g/mol. The Bertz CT molecular complexity index is 694. The van der Waals surface area contributed by atoms with Crippen LogP contribution in [0.25, 0.3) is 11.0 Å². The van der Waals surface area contributed by atoms with E-state index in [0.717, 1.165) is 16.1 Å². The minimum absolute atomic E-state index is 0.979. The Labute approximate surface area is 123 Å². The molecule has 90 valence electrons. The van der Waals surface area contributed by atoms with Crippen molar-refractivity contribution in [3.8, 4) is 0 Å². The summed E-state index contributed by atoms with van der Waals surface area (Å²) in [6.07, 6.45) is 3.71.